The van der Waals surface area contributed by atoms with Crippen LogP contribution in [0.1, 0.15) is 32.7 Å². The highest BCUT2D eigenvalue weighted by molar-refractivity contribution is 6.42. The number of aryl methyl sites for hydroxylation is 1. The molecular weight excluding hydrogens is 393 g/mol. The molecule has 2 aromatic carbocycles. The van der Waals surface area contributed by atoms with Gasteiger partial charge in [-0.3, -0.25) is 4.79 Å². The van der Waals surface area contributed by atoms with Crippen molar-refractivity contribution in [1.29, 1.82) is 0 Å². The molecule has 0 atom stereocenters. The Hall–Kier alpha value is -2.57. The van der Waals surface area contributed by atoms with E-state index in [0.29, 0.717) is 16.5 Å². The lowest BCUT2D eigenvalue weighted by atomic mass is 10.1. The van der Waals surface area contributed by atoms with Gasteiger partial charge in [0.05, 0.1) is 41.1 Å². The molecule has 0 saturated heterocycles. The van der Waals surface area contributed by atoms with Crippen LogP contribution in [0.3, 0.4) is 0 Å². The number of carbonyl (C=O) groups is 3. The van der Waals surface area contributed by atoms with Crippen LogP contribution in [0.4, 0.5) is 5.69 Å². The van der Waals surface area contributed by atoms with Crippen LogP contribution in [-0.4, -0.2) is 32.1 Å². The summed E-state index contributed by atoms with van der Waals surface area (Å²) in [6, 6.07) is 9.31. The summed E-state index contributed by atoms with van der Waals surface area (Å²) in [5.74, 6) is -1.56. The molecule has 2 rings (SSSR count). The lowest BCUT2D eigenvalue weighted by Gasteiger charge is -2.11. The Bertz CT molecular complexity index is 882. The molecule has 0 aromatic heterocycles. The summed E-state index contributed by atoms with van der Waals surface area (Å²) in [6.45, 7) is 0. The molecule has 0 unspecified atom stereocenters. The van der Waals surface area contributed by atoms with Crippen LogP contribution in [0.5, 0.6) is 0 Å². The van der Waals surface area contributed by atoms with Crippen molar-refractivity contribution < 1.29 is 23.9 Å². The van der Waals surface area contributed by atoms with Crippen molar-refractivity contribution >= 4 is 46.7 Å². The summed E-state index contributed by atoms with van der Waals surface area (Å²) >= 11 is 11.8. The van der Waals surface area contributed by atoms with Gasteiger partial charge in [0.1, 0.15) is 0 Å². The van der Waals surface area contributed by atoms with Crippen molar-refractivity contribution in [3.05, 3.63) is 63.1 Å². The van der Waals surface area contributed by atoms with Crippen molar-refractivity contribution in [2.24, 2.45) is 0 Å². The molecule has 0 aliphatic rings. The van der Waals surface area contributed by atoms with Gasteiger partial charge >= 0.3 is 11.9 Å². The van der Waals surface area contributed by atoms with Crippen molar-refractivity contribution in [3.63, 3.8) is 0 Å². The fourth-order valence-electron chi connectivity index (χ4n) is 2.35. The maximum Gasteiger partial charge on any atom is 0.339 e. The number of esters is 2. The standard InChI is InChI=1S/C19H17Cl2NO5/c1-26-18(24)12-5-6-13(19(25)27-2)16(10-12)22-17(23)8-4-11-3-7-14(20)15(21)9-11/h3,5-7,9-10H,4,8H2,1-2H3,(H,22,23). The Morgan fingerprint density at radius 1 is 0.926 bits per heavy atom. The smallest absolute Gasteiger partial charge is 0.339 e. The molecule has 0 fully saturated rings. The summed E-state index contributed by atoms with van der Waals surface area (Å²) in [4.78, 5) is 35.9. The van der Waals surface area contributed by atoms with E-state index in [2.05, 4.69) is 10.1 Å². The minimum atomic E-state index is -0.633. The molecule has 0 aliphatic carbocycles. The van der Waals surface area contributed by atoms with Crippen LogP contribution < -0.4 is 5.32 Å². The summed E-state index contributed by atoms with van der Waals surface area (Å²) in [7, 11) is 2.47. The van der Waals surface area contributed by atoms with Crippen LogP contribution >= 0.6 is 23.2 Å². The maximum absolute atomic E-state index is 12.3. The number of hydrogen-bond donors (Lipinski definition) is 1. The molecule has 0 bridgehead atoms. The van der Waals surface area contributed by atoms with Gasteiger partial charge in [-0.15, -0.1) is 0 Å². The van der Waals surface area contributed by atoms with E-state index < -0.39 is 11.9 Å². The maximum atomic E-state index is 12.3. The molecule has 142 valence electrons. The third kappa shape index (κ3) is 5.45. The van der Waals surface area contributed by atoms with Crippen LogP contribution in [0.25, 0.3) is 0 Å². The number of ether oxygens (including phenoxy) is 2. The molecule has 1 amide bonds. The molecular formula is C19H17Cl2NO5. The second-order valence-corrected chi connectivity index (χ2v) is 6.35. The molecule has 2 aromatic rings. The highest BCUT2D eigenvalue weighted by atomic mass is 35.5. The molecule has 0 spiro atoms. The molecule has 1 N–H and O–H groups in total. The van der Waals surface area contributed by atoms with E-state index in [9.17, 15) is 14.4 Å². The number of methoxy groups -OCH3 is 2. The van der Waals surface area contributed by atoms with Crippen LogP contribution in [0.15, 0.2) is 36.4 Å². The molecule has 0 saturated carbocycles. The number of amides is 1. The van der Waals surface area contributed by atoms with E-state index >= 15 is 0 Å². The number of benzene rings is 2. The number of carbonyl (C=O) groups excluding carboxylic acids is 3. The average molecular weight is 410 g/mol. The number of anilines is 1. The first-order chi connectivity index (χ1) is 12.8. The molecule has 0 aliphatic heterocycles. The Labute approximate surface area is 166 Å². The third-order valence-corrected chi connectivity index (χ3v) is 4.48. The van der Waals surface area contributed by atoms with Gasteiger partial charge in [0.2, 0.25) is 5.91 Å². The first-order valence-corrected chi connectivity index (χ1v) is 8.65. The van der Waals surface area contributed by atoms with E-state index in [1.54, 1.807) is 18.2 Å². The summed E-state index contributed by atoms with van der Waals surface area (Å²) in [6.07, 6.45) is 0.563. The van der Waals surface area contributed by atoms with Gasteiger partial charge in [-0.2, -0.15) is 0 Å². The zero-order valence-electron chi connectivity index (χ0n) is 14.7. The van der Waals surface area contributed by atoms with Gasteiger partial charge in [0.25, 0.3) is 0 Å². The van der Waals surface area contributed by atoms with E-state index in [-0.39, 0.29) is 29.1 Å². The normalized spacial score (nSPS) is 10.2. The van der Waals surface area contributed by atoms with E-state index in [4.69, 9.17) is 27.9 Å². The SMILES string of the molecule is COC(=O)c1ccc(C(=O)OC)c(NC(=O)CCc2ccc(Cl)c(Cl)c2)c1. The number of halogens is 2. The number of nitrogens with one attached hydrogen (secondary N) is 1. The van der Waals surface area contributed by atoms with Gasteiger partial charge < -0.3 is 14.8 Å². The second kappa shape index (κ2) is 9.39. The van der Waals surface area contributed by atoms with Gasteiger partial charge in [-0.1, -0.05) is 29.3 Å². The highest BCUT2D eigenvalue weighted by Gasteiger charge is 2.17. The molecule has 27 heavy (non-hydrogen) atoms. The Balaban J connectivity index is 2.15. The fourth-order valence-corrected chi connectivity index (χ4v) is 2.67. The third-order valence-electron chi connectivity index (χ3n) is 3.74. The van der Waals surface area contributed by atoms with Crippen molar-refractivity contribution in [2.75, 3.05) is 19.5 Å². The molecule has 8 heteroatoms. The Morgan fingerprint density at radius 2 is 1.63 bits per heavy atom. The number of hydrogen-bond acceptors (Lipinski definition) is 5. The topological polar surface area (TPSA) is 81.7 Å². The summed E-state index contributed by atoms with van der Waals surface area (Å²) in [5.41, 5.74) is 1.35. The van der Waals surface area contributed by atoms with Crippen molar-refractivity contribution in [3.8, 4) is 0 Å². The lowest BCUT2D eigenvalue weighted by Crippen LogP contribution is -2.16. The van der Waals surface area contributed by atoms with E-state index in [1.807, 2.05) is 0 Å². The van der Waals surface area contributed by atoms with E-state index in [0.717, 1.165) is 5.56 Å². The quantitative estimate of drug-likeness (QED) is 0.724. The molecule has 0 heterocycles. The average Bonchev–Trinajstić information content (AvgIpc) is 2.67. The summed E-state index contributed by atoms with van der Waals surface area (Å²) in [5, 5.41) is 3.48. The number of rotatable bonds is 6. The lowest BCUT2D eigenvalue weighted by molar-refractivity contribution is -0.116. The van der Waals surface area contributed by atoms with Gasteiger partial charge in [0, 0.05) is 6.42 Å². The summed E-state index contributed by atoms with van der Waals surface area (Å²) < 4.78 is 9.36. The van der Waals surface area contributed by atoms with Crippen LogP contribution in [0, 0.1) is 0 Å². The second-order valence-electron chi connectivity index (χ2n) is 5.54. The predicted molar refractivity (Wildman–Crippen MR) is 103 cm³/mol. The van der Waals surface area contributed by atoms with Gasteiger partial charge in [-0.05, 0) is 42.3 Å². The largest absolute Gasteiger partial charge is 0.465 e. The van der Waals surface area contributed by atoms with Crippen LogP contribution in [0.2, 0.25) is 10.0 Å². The first kappa shape index (κ1) is 20.7. The first-order valence-electron chi connectivity index (χ1n) is 7.90. The van der Waals surface area contributed by atoms with E-state index in [1.165, 1.54) is 32.4 Å². The molecule has 0 radical (unpaired) electrons. The minimum Gasteiger partial charge on any atom is -0.465 e. The highest BCUT2D eigenvalue weighted by Crippen LogP contribution is 2.24. The minimum absolute atomic E-state index is 0.132. The zero-order chi connectivity index (χ0) is 20.0. The van der Waals surface area contributed by atoms with Crippen molar-refractivity contribution in [1.82, 2.24) is 0 Å². The monoisotopic (exact) mass is 409 g/mol. The Morgan fingerprint density at radius 3 is 2.26 bits per heavy atom. The van der Waals surface area contributed by atoms with Crippen LogP contribution in [-0.2, 0) is 20.7 Å². The van der Waals surface area contributed by atoms with Crippen molar-refractivity contribution in [2.45, 2.75) is 12.8 Å². The van der Waals surface area contributed by atoms with Gasteiger partial charge in [0.15, 0.2) is 0 Å². The zero-order valence-corrected chi connectivity index (χ0v) is 16.2. The van der Waals surface area contributed by atoms with Gasteiger partial charge in [-0.25, -0.2) is 9.59 Å². The molecule has 6 nitrogen and oxygen atoms in total. The fraction of sp³-hybridized carbons (Fsp3) is 0.211. The Kier molecular flexibility index (Phi) is 7.21. The predicted octanol–water partition coefficient (Wildman–Crippen LogP) is 4.14.